The SMILES string of the molecule is CC(=O)Oc1ccc(/C=C(\C#N)C(=O)N[C@H](C)c2ccccc2)cc1. The Kier molecular flexibility index (Phi) is 6.08. The lowest BCUT2D eigenvalue weighted by Crippen LogP contribution is -2.27. The summed E-state index contributed by atoms with van der Waals surface area (Å²) < 4.78 is 4.95. The average Bonchev–Trinajstić information content (AvgIpc) is 2.61. The molecule has 0 aliphatic rings. The van der Waals surface area contributed by atoms with Crippen LogP contribution in [0.15, 0.2) is 60.2 Å². The van der Waals surface area contributed by atoms with Gasteiger partial charge in [-0.1, -0.05) is 42.5 Å². The number of nitrogens with one attached hydrogen (secondary N) is 1. The van der Waals surface area contributed by atoms with Gasteiger partial charge in [-0.3, -0.25) is 9.59 Å². The van der Waals surface area contributed by atoms with Crippen LogP contribution in [0.2, 0.25) is 0 Å². The van der Waals surface area contributed by atoms with E-state index in [1.165, 1.54) is 13.0 Å². The maximum atomic E-state index is 12.3. The number of amides is 1. The first kappa shape index (κ1) is 18.0. The van der Waals surface area contributed by atoms with Gasteiger partial charge >= 0.3 is 5.97 Å². The second-order valence-corrected chi connectivity index (χ2v) is 5.44. The largest absolute Gasteiger partial charge is 0.427 e. The lowest BCUT2D eigenvalue weighted by atomic mass is 10.1. The fraction of sp³-hybridized carbons (Fsp3) is 0.150. The predicted molar refractivity (Wildman–Crippen MR) is 94.3 cm³/mol. The molecule has 1 amide bonds. The summed E-state index contributed by atoms with van der Waals surface area (Å²) in [6.07, 6.45) is 1.49. The maximum Gasteiger partial charge on any atom is 0.308 e. The summed E-state index contributed by atoms with van der Waals surface area (Å²) in [4.78, 5) is 23.2. The Bertz CT molecular complexity index is 818. The van der Waals surface area contributed by atoms with Gasteiger partial charge in [-0.25, -0.2) is 0 Å². The van der Waals surface area contributed by atoms with Crippen LogP contribution in [0.25, 0.3) is 6.08 Å². The number of ether oxygens (including phenoxy) is 1. The van der Waals surface area contributed by atoms with Gasteiger partial charge in [0.05, 0.1) is 6.04 Å². The number of nitriles is 1. The molecule has 0 radical (unpaired) electrons. The molecule has 0 aliphatic carbocycles. The molecule has 0 bridgehead atoms. The van der Waals surface area contributed by atoms with Crippen molar-refractivity contribution in [3.63, 3.8) is 0 Å². The molecule has 25 heavy (non-hydrogen) atoms. The minimum Gasteiger partial charge on any atom is -0.427 e. The van der Waals surface area contributed by atoms with Gasteiger partial charge in [0.25, 0.3) is 5.91 Å². The zero-order valence-corrected chi connectivity index (χ0v) is 14.0. The molecule has 1 N–H and O–H groups in total. The Balaban J connectivity index is 2.10. The molecule has 0 heterocycles. The molecular weight excluding hydrogens is 316 g/mol. The van der Waals surface area contributed by atoms with E-state index in [2.05, 4.69) is 5.32 Å². The number of carbonyl (C=O) groups is 2. The summed E-state index contributed by atoms with van der Waals surface area (Å²) in [5, 5.41) is 12.1. The van der Waals surface area contributed by atoms with Crippen molar-refractivity contribution in [2.75, 3.05) is 0 Å². The Morgan fingerprint density at radius 1 is 1.12 bits per heavy atom. The van der Waals surface area contributed by atoms with Crippen LogP contribution in [-0.4, -0.2) is 11.9 Å². The van der Waals surface area contributed by atoms with Crippen LogP contribution in [0.1, 0.15) is 31.0 Å². The van der Waals surface area contributed by atoms with Crippen molar-refractivity contribution in [3.05, 3.63) is 71.3 Å². The number of rotatable bonds is 5. The van der Waals surface area contributed by atoms with Crippen molar-refractivity contribution in [1.82, 2.24) is 5.32 Å². The number of nitrogens with zero attached hydrogens (tertiary/aromatic N) is 1. The monoisotopic (exact) mass is 334 g/mol. The molecule has 5 heteroatoms. The molecule has 0 saturated carbocycles. The van der Waals surface area contributed by atoms with E-state index < -0.39 is 11.9 Å². The smallest absolute Gasteiger partial charge is 0.308 e. The zero-order chi connectivity index (χ0) is 18.2. The van der Waals surface area contributed by atoms with E-state index in [9.17, 15) is 14.9 Å². The number of esters is 1. The summed E-state index contributed by atoms with van der Waals surface area (Å²) in [5.74, 6) is -0.441. The van der Waals surface area contributed by atoms with Crippen molar-refractivity contribution in [2.45, 2.75) is 19.9 Å². The van der Waals surface area contributed by atoms with E-state index in [0.717, 1.165) is 5.56 Å². The van der Waals surface area contributed by atoms with Gasteiger partial charge in [0, 0.05) is 6.92 Å². The third-order valence-electron chi connectivity index (χ3n) is 3.46. The standard InChI is InChI=1S/C20H18N2O3/c1-14(17-6-4-3-5-7-17)22-20(24)18(13-21)12-16-8-10-19(11-9-16)25-15(2)23/h3-12,14H,1-2H3,(H,22,24)/b18-12+/t14-/m1/s1. The van der Waals surface area contributed by atoms with Gasteiger partial charge < -0.3 is 10.1 Å². The van der Waals surface area contributed by atoms with Crippen molar-refractivity contribution in [3.8, 4) is 11.8 Å². The highest BCUT2D eigenvalue weighted by atomic mass is 16.5. The number of benzene rings is 2. The normalized spacial score (nSPS) is 12.0. The van der Waals surface area contributed by atoms with E-state index >= 15 is 0 Å². The van der Waals surface area contributed by atoms with E-state index in [1.54, 1.807) is 24.3 Å². The maximum absolute atomic E-state index is 12.3. The van der Waals surface area contributed by atoms with Gasteiger partial charge in [0.15, 0.2) is 0 Å². The summed E-state index contributed by atoms with van der Waals surface area (Å²) >= 11 is 0. The lowest BCUT2D eigenvalue weighted by Gasteiger charge is -2.13. The van der Waals surface area contributed by atoms with E-state index in [-0.39, 0.29) is 11.6 Å². The molecule has 0 fully saturated rings. The topological polar surface area (TPSA) is 79.2 Å². The second-order valence-electron chi connectivity index (χ2n) is 5.44. The first-order chi connectivity index (χ1) is 12.0. The number of carbonyl (C=O) groups excluding carboxylic acids is 2. The van der Waals surface area contributed by atoms with Crippen molar-refractivity contribution < 1.29 is 14.3 Å². The third-order valence-corrected chi connectivity index (χ3v) is 3.46. The fourth-order valence-electron chi connectivity index (χ4n) is 2.21. The van der Waals surface area contributed by atoms with Crippen molar-refractivity contribution in [1.29, 1.82) is 5.26 Å². The molecular formula is C20H18N2O3. The van der Waals surface area contributed by atoms with Gasteiger partial charge in [-0.2, -0.15) is 5.26 Å². The van der Waals surface area contributed by atoms with Crippen LogP contribution in [0.5, 0.6) is 5.75 Å². The lowest BCUT2D eigenvalue weighted by molar-refractivity contribution is -0.131. The molecule has 5 nitrogen and oxygen atoms in total. The van der Waals surface area contributed by atoms with Crippen LogP contribution >= 0.6 is 0 Å². The molecule has 126 valence electrons. The number of hydrogen-bond acceptors (Lipinski definition) is 4. The molecule has 0 spiro atoms. The first-order valence-corrected chi connectivity index (χ1v) is 7.75. The second kappa shape index (κ2) is 8.46. The zero-order valence-electron chi connectivity index (χ0n) is 14.0. The summed E-state index contributed by atoms with van der Waals surface area (Å²) in [6, 6.07) is 17.8. The molecule has 2 aromatic carbocycles. The quantitative estimate of drug-likeness (QED) is 0.393. The van der Waals surface area contributed by atoms with Gasteiger partial charge in [0.2, 0.25) is 0 Å². The molecule has 0 aliphatic heterocycles. The molecule has 2 rings (SSSR count). The number of hydrogen-bond donors (Lipinski definition) is 1. The van der Waals surface area contributed by atoms with Crippen molar-refractivity contribution in [2.24, 2.45) is 0 Å². The van der Waals surface area contributed by atoms with Gasteiger partial charge in [-0.15, -0.1) is 0 Å². The molecule has 1 atom stereocenters. The molecule has 2 aromatic rings. The van der Waals surface area contributed by atoms with Crippen LogP contribution in [0.3, 0.4) is 0 Å². The molecule has 0 saturated heterocycles. The fourth-order valence-corrected chi connectivity index (χ4v) is 2.21. The van der Waals surface area contributed by atoms with Crippen LogP contribution < -0.4 is 10.1 Å². The van der Waals surface area contributed by atoms with E-state index in [0.29, 0.717) is 11.3 Å². The Hall–Kier alpha value is -3.39. The molecule has 0 aromatic heterocycles. The van der Waals surface area contributed by atoms with Gasteiger partial charge in [0.1, 0.15) is 17.4 Å². The van der Waals surface area contributed by atoms with E-state index in [1.807, 2.05) is 43.3 Å². The Morgan fingerprint density at radius 2 is 1.76 bits per heavy atom. The van der Waals surface area contributed by atoms with Crippen LogP contribution in [-0.2, 0) is 9.59 Å². The third kappa shape index (κ3) is 5.33. The van der Waals surface area contributed by atoms with Crippen LogP contribution in [0.4, 0.5) is 0 Å². The van der Waals surface area contributed by atoms with E-state index in [4.69, 9.17) is 4.74 Å². The first-order valence-electron chi connectivity index (χ1n) is 7.75. The minimum absolute atomic E-state index is 0.00279. The van der Waals surface area contributed by atoms with Crippen molar-refractivity contribution >= 4 is 18.0 Å². The molecule has 0 unspecified atom stereocenters. The highest BCUT2D eigenvalue weighted by Crippen LogP contribution is 2.16. The summed E-state index contributed by atoms with van der Waals surface area (Å²) in [5.41, 5.74) is 1.62. The summed E-state index contributed by atoms with van der Waals surface area (Å²) in [6.45, 7) is 3.18. The van der Waals surface area contributed by atoms with Crippen LogP contribution in [0, 0.1) is 11.3 Å². The Morgan fingerprint density at radius 3 is 2.32 bits per heavy atom. The highest BCUT2D eigenvalue weighted by Gasteiger charge is 2.13. The predicted octanol–water partition coefficient (Wildman–Crippen LogP) is 3.40. The minimum atomic E-state index is -0.442. The summed E-state index contributed by atoms with van der Waals surface area (Å²) in [7, 11) is 0. The Labute approximate surface area is 146 Å². The average molecular weight is 334 g/mol. The highest BCUT2D eigenvalue weighted by molar-refractivity contribution is 6.01. The van der Waals surface area contributed by atoms with Gasteiger partial charge in [-0.05, 0) is 36.3 Å².